The number of carbonyl (C=O) groups is 1. The standard InChI is InChI=1S/C28H29FN2O4/c29-25-10-5-4-9-22(25)15-16-30-27(33)28(19-21-7-2-1-3-8-21)20-35-26(31-28)23-11-13-24(14-12-23)34-18-6-17-32/h1-5,7-14,32H,6,15-20H2,(H,30,33)/t28-/m1/s1. The number of nitrogens with zero attached hydrogens (tertiary/aromatic N) is 1. The molecule has 7 heteroatoms. The summed E-state index contributed by atoms with van der Waals surface area (Å²) >= 11 is 0. The van der Waals surface area contributed by atoms with Crippen LogP contribution in [0.4, 0.5) is 4.39 Å². The number of hydrogen-bond acceptors (Lipinski definition) is 5. The van der Waals surface area contributed by atoms with Crippen molar-refractivity contribution in [2.75, 3.05) is 26.4 Å². The van der Waals surface area contributed by atoms with Crippen molar-refractivity contribution in [3.8, 4) is 5.75 Å². The number of halogens is 1. The van der Waals surface area contributed by atoms with Gasteiger partial charge in [0.15, 0.2) is 5.54 Å². The van der Waals surface area contributed by atoms with E-state index in [1.165, 1.54) is 6.07 Å². The summed E-state index contributed by atoms with van der Waals surface area (Å²) in [5.74, 6) is 0.542. The highest BCUT2D eigenvalue weighted by atomic mass is 19.1. The van der Waals surface area contributed by atoms with Crippen LogP contribution >= 0.6 is 0 Å². The second-order valence-electron chi connectivity index (χ2n) is 8.45. The SMILES string of the molecule is O=C(NCCc1ccccc1F)[C@@]1(Cc2ccccc2)COC(c2ccc(OCCCO)cc2)=N1. The lowest BCUT2D eigenvalue weighted by molar-refractivity contribution is -0.126. The van der Waals surface area contributed by atoms with Gasteiger partial charge in [0.05, 0.1) is 6.61 Å². The Labute approximate surface area is 204 Å². The molecule has 1 amide bonds. The van der Waals surface area contributed by atoms with Crippen molar-refractivity contribution in [3.05, 3.63) is 101 Å². The number of aliphatic imine (C=N–C) groups is 1. The van der Waals surface area contributed by atoms with Gasteiger partial charge in [-0.15, -0.1) is 0 Å². The predicted molar refractivity (Wildman–Crippen MR) is 132 cm³/mol. The van der Waals surface area contributed by atoms with Crippen LogP contribution in [0.2, 0.25) is 0 Å². The fourth-order valence-electron chi connectivity index (χ4n) is 3.94. The number of carbonyl (C=O) groups excluding carboxylic acids is 1. The number of hydrogen-bond donors (Lipinski definition) is 2. The molecule has 1 heterocycles. The predicted octanol–water partition coefficient (Wildman–Crippen LogP) is 3.70. The lowest BCUT2D eigenvalue weighted by atomic mass is 9.91. The van der Waals surface area contributed by atoms with Crippen LogP contribution in [0, 0.1) is 5.82 Å². The van der Waals surface area contributed by atoms with Crippen LogP contribution in [0.3, 0.4) is 0 Å². The van der Waals surface area contributed by atoms with E-state index in [1.807, 2.05) is 54.6 Å². The lowest BCUT2D eigenvalue weighted by Gasteiger charge is -2.23. The molecule has 6 nitrogen and oxygen atoms in total. The average molecular weight is 477 g/mol. The minimum Gasteiger partial charge on any atom is -0.494 e. The molecule has 1 aliphatic heterocycles. The highest BCUT2D eigenvalue weighted by molar-refractivity contribution is 6.00. The maximum atomic E-state index is 14.0. The van der Waals surface area contributed by atoms with Gasteiger partial charge in [0.25, 0.3) is 5.91 Å². The summed E-state index contributed by atoms with van der Waals surface area (Å²) in [6.07, 6.45) is 1.33. The molecular formula is C28H29FN2O4. The highest BCUT2D eigenvalue weighted by Crippen LogP contribution is 2.27. The summed E-state index contributed by atoms with van der Waals surface area (Å²) in [7, 11) is 0. The first-order valence-electron chi connectivity index (χ1n) is 11.7. The van der Waals surface area contributed by atoms with Crippen molar-refractivity contribution < 1.29 is 23.8 Å². The molecular weight excluding hydrogens is 447 g/mol. The average Bonchev–Trinajstić information content (AvgIpc) is 3.31. The second-order valence-corrected chi connectivity index (χ2v) is 8.45. The Morgan fingerprint density at radius 3 is 2.54 bits per heavy atom. The third-order valence-corrected chi connectivity index (χ3v) is 5.84. The zero-order chi connectivity index (χ0) is 24.5. The fraction of sp³-hybridized carbons (Fsp3) is 0.286. The molecule has 0 unspecified atom stereocenters. The number of rotatable bonds is 11. The van der Waals surface area contributed by atoms with Gasteiger partial charge < -0.3 is 19.9 Å². The van der Waals surface area contributed by atoms with E-state index in [0.29, 0.717) is 49.6 Å². The summed E-state index contributed by atoms with van der Waals surface area (Å²) in [5, 5.41) is 11.8. The van der Waals surface area contributed by atoms with Gasteiger partial charge in [0.1, 0.15) is 18.2 Å². The molecule has 0 bridgehead atoms. The third-order valence-electron chi connectivity index (χ3n) is 5.84. The first-order chi connectivity index (χ1) is 17.1. The molecule has 0 aromatic heterocycles. The third kappa shape index (κ3) is 6.25. The molecule has 0 aliphatic carbocycles. The van der Waals surface area contributed by atoms with E-state index in [-0.39, 0.29) is 24.9 Å². The van der Waals surface area contributed by atoms with Crippen LogP contribution in [0.5, 0.6) is 5.75 Å². The van der Waals surface area contributed by atoms with Crippen LogP contribution in [-0.4, -0.2) is 48.8 Å². The van der Waals surface area contributed by atoms with E-state index in [1.54, 1.807) is 18.2 Å². The summed E-state index contributed by atoms with van der Waals surface area (Å²) in [5.41, 5.74) is 1.15. The first kappa shape index (κ1) is 24.4. The Bertz CT molecular complexity index is 1150. The summed E-state index contributed by atoms with van der Waals surface area (Å²) in [6, 6.07) is 23.5. The van der Waals surface area contributed by atoms with Crippen LogP contribution in [0.25, 0.3) is 0 Å². The van der Waals surface area contributed by atoms with Crippen molar-refractivity contribution in [1.82, 2.24) is 5.32 Å². The zero-order valence-corrected chi connectivity index (χ0v) is 19.5. The molecule has 3 aromatic rings. The first-order valence-corrected chi connectivity index (χ1v) is 11.7. The largest absolute Gasteiger partial charge is 0.494 e. The number of nitrogens with one attached hydrogen (secondary N) is 1. The fourth-order valence-corrected chi connectivity index (χ4v) is 3.94. The van der Waals surface area contributed by atoms with Crippen molar-refractivity contribution >= 4 is 11.8 Å². The van der Waals surface area contributed by atoms with Crippen LogP contribution < -0.4 is 10.1 Å². The van der Waals surface area contributed by atoms with Crippen LogP contribution in [-0.2, 0) is 22.4 Å². The summed E-state index contributed by atoms with van der Waals surface area (Å²) < 4.78 is 25.5. The molecule has 2 N–H and O–H groups in total. The smallest absolute Gasteiger partial charge is 0.251 e. The molecule has 0 radical (unpaired) electrons. The Hall–Kier alpha value is -3.71. The molecule has 0 spiro atoms. The monoisotopic (exact) mass is 476 g/mol. The van der Waals surface area contributed by atoms with E-state index >= 15 is 0 Å². The van der Waals surface area contributed by atoms with E-state index in [4.69, 9.17) is 19.6 Å². The number of benzene rings is 3. The summed E-state index contributed by atoms with van der Waals surface area (Å²) in [4.78, 5) is 18.2. The van der Waals surface area contributed by atoms with E-state index in [2.05, 4.69) is 5.32 Å². The van der Waals surface area contributed by atoms with Crippen LogP contribution in [0.1, 0.15) is 23.1 Å². The van der Waals surface area contributed by atoms with Gasteiger partial charge in [0, 0.05) is 31.6 Å². The van der Waals surface area contributed by atoms with Gasteiger partial charge >= 0.3 is 0 Å². The highest BCUT2D eigenvalue weighted by Gasteiger charge is 2.44. The Morgan fingerprint density at radius 2 is 1.80 bits per heavy atom. The molecule has 3 aromatic carbocycles. The number of aliphatic hydroxyl groups is 1. The van der Waals surface area contributed by atoms with Crippen molar-refractivity contribution in [3.63, 3.8) is 0 Å². The maximum absolute atomic E-state index is 14.0. The van der Waals surface area contributed by atoms with Crippen molar-refractivity contribution in [2.24, 2.45) is 4.99 Å². The molecule has 0 saturated heterocycles. The van der Waals surface area contributed by atoms with Gasteiger partial charge in [-0.1, -0.05) is 48.5 Å². The number of amides is 1. The maximum Gasteiger partial charge on any atom is 0.251 e. The minimum atomic E-state index is -1.12. The molecule has 1 atom stereocenters. The Morgan fingerprint density at radius 1 is 1.06 bits per heavy atom. The van der Waals surface area contributed by atoms with Crippen LogP contribution in [0.15, 0.2) is 83.9 Å². The lowest BCUT2D eigenvalue weighted by Crippen LogP contribution is -2.49. The second kappa shape index (κ2) is 11.6. The molecule has 182 valence electrons. The van der Waals surface area contributed by atoms with Crippen molar-refractivity contribution in [1.29, 1.82) is 0 Å². The van der Waals surface area contributed by atoms with Gasteiger partial charge in [-0.3, -0.25) is 4.79 Å². The van der Waals surface area contributed by atoms with Gasteiger partial charge in [0.2, 0.25) is 5.90 Å². The molecule has 1 aliphatic rings. The van der Waals surface area contributed by atoms with E-state index in [0.717, 1.165) is 11.1 Å². The quantitative estimate of drug-likeness (QED) is 0.414. The molecule has 35 heavy (non-hydrogen) atoms. The van der Waals surface area contributed by atoms with Crippen molar-refractivity contribution in [2.45, 2.75) is 24.8 Å². The summed E-state index contributed by atoms with van der Waals surface area (Å²) in [6.45, 7) is 0.910. The van der Waals surface area contributed by atoms with E-state index in [9.17, 15) is 9.18 Å². The topological polar surface area (TPSA) is 80.2 Å². The molecule has 4 rings (SSSR count). The number of aliphatic hydroxyl groups excluding tert-OH is 1. The molecule has 0 fully saturated rings. The van der Waals surface area contributed by atoms with Gasteiger partial charge in [-0.05, 0) is 47.9 Å². The van der Waals surface area contributed by atoms with E-state index < -0.39 is 5.54 Å². The number of ether oxygens (including phenoxy) is 2. The normalized spacial score (nSPS) is 16.9. The van der Waals surface area contributed by atoms with Gasteiger partial charge in [-0.25, -0.2) is 9.38 Å². The Kier molecular flexibility index (Phi) is 8.11. The minimum absolute atomic E-state index is 0.0780. The zero-order valence-electron chi connectivity index (χ0n) is 19.5. The molecule has 0 saturated carbocycles. The van der Waals surface area contributed by atoms with Gasteiger partial charge in [-0.2, -0.15) is 0 Å². The Balaban J connectivity index is 1.50.